The zero-order valence-electron chi connectivity index (χ0n) is 9.11. The third-order valence-electron chi connectivity index (χ3n) is 4.83. The first-order chi connectivity index (χ1) is 8.92. The van der Waals surface area contributed by atoms with Crippen molar-refractivity contribution in [3.8, 4) is 0 Å². The molecule has 112 valence electrons. The van der Waals surface area contributed by atoms with E-state index in [2.05, 4.69) is 0 Å². The molecule has 1 N–H and O–H groups in total. The predicted molar refractivity (Wildman–Crippen MR) is 81.6 cm³/mol. The summed E-state index contributed by atoms with van der Waals surface area (Å²) in [6.07, 6.45) is -1.24. The van der Waals surface area contributed by atoms with Crippen LogP contribution in [0.4, 0.5) is 0 Å². The van der Waals surface area contributed by atoms with Gasteiger partial charge in [0.05, 0.1) is 10.1 Å². The van der Waals surface area contributed by atoms with Crippen LogP contribution in [0.15, 0.2) is 10.1 Å². The Labute approximate surface area is 154 Å². The first-order valence-electron chi connectivity index (χ1n) is 5.50. The fraction of sp³-hybridized carbons (Fsp3) is 0.800. The van der Waals surface area contributed by atoms with Gasteiger partial charge in [0.15, 0.2) is 9.39 Å². The normalized spacial score (nSPS) is 65.5. The Bertz CT molecular complexity index is 594. The second-order valence-electron chi connectivity index (χ2n) is 5.47. The van der Waals surface area contributed by atoms with Gasteiger partial charge in [-0.3, -0.25) is 0 Å². The summed E-state index contributed by atoms with van der Waals surface area (Å²) in [5, 5.41) is 7.52. The van der Waals surface area contributed by atoms with Gasteiger partial charge < -0.3 is 9.84 Å². The van der Waals surface area contributed by atoms with Gasteiger partial charge in [-0.15, -0.1) is 23.2 Å². The van der Waals surface area contributed by atoms with E-state index < -0.39 is 42.1 Å². The maximum Gasteiger partial charge on any atom is 0.213 e. The maximum atomic E-state index is 10.4. The summed E-state index contributed by atoms with van der Waals surface area (Å²) in [6.45, 7) is 0. The van der Waals surface area contributed by atoms with Crippen molar-refractivity contribution >= 4 is 92.8 Å². The molecule has 7 atom stereocenters. The minimum Gasteiger partial charge on any atom is -0.388 e. The van der Waals surface area contributed by atoms with Crippen molar-refractivity contribution in [2.45, 2.75) is 30.3 Å². The molecular formula is C10H4Cl8O2. The lowest BCUT2D eigenvalue weighted by atomic mass is 9.82. The second-order valence-corrected chi connectivity index (χ2v) is 9.86. The van der Waals surface area contributed by atoms with E-state index in [-0.39, 0.29) is 10.1 Å². The minimum atomic E-state index is -1.76. The van der Waals surface area contributed by atoms with E-state index in [1.807, 2.05) is 0 Å². The quantitative estimate of drug-likeness (QED) is 0.450. The van der Waals surface area contributed by atoms with Gasteiger partial charge in [0, 0.05) is 11.8 Å². The summed E-state index contributed by atoms with van der Waals surface area (Å²) in [6, 6.07) is 0. The van der Waals surface area contributed by atoms with E-state index in [0.717, 1.165) is 0 Å². The highest BCUT2D eigenvalue weighted by Crippen LogP contribution is 2.86. The van der Waals surface area contributed by atoms with E-state index in [0.29, 0.717) is 0 Å². The number of rotatable bonds is 0. The largest absolute Gasteiger partial charge is 0.388 e. The number of halogens is 8. The summed E-state index contributed by atoms with van der Waals surface area (Å²) in [4.78, 5) is -3.17. The molecule has 2 bridgehead atoms. The number of allylic oxidation sites excluding steroid dienone is 2. The van der Waals surface area contributed by atoms with Crippen molar-refractivity contribution in [2.24, 2.45) is 11.8 Å². The Morgan fingerprint density at radius 2 is 1.35 bits per heavy atom. The van der Waals surface area contributed by atoms with E-state index >= 15 is 0 Å². The zero-order valence-corrected chi connectivity index (χ0v) is 15.2. The number of ether oxygens (including phenoxy) is 1. The summed E-state index contributed by atoms with van der Waals surface area (Å²) < 4.78 is 3.53. The van der Waals surface area contributed by atoms with Crippen molar-refractivity contribution in [1.82, 2.24) is 0 Å². The van der Waals surface area contributed by atoms with Gasteiger partial charge >= 0.3 is 0 Å². The van der Waals surface area contributed by atoms with Crippen LogP contribution in [-0.2, 0) is 4.74 Å². The van der Waals surface area contributed by atoms with Crippen molar-refractivity contribution in [3.63, 3.8) is 0 Å². The number of aliphatic hydroxyl groups excluding tert-OH is 1. The third-order valence-corrected chi connectivity index (χ3v) is 10.4. The molecule has 0 aromatic carbocycles. The molecule has 0 aromatic heterocycles. The Kier molecular flexibility index (Phi) is 2.82. The number of alkyl halides is 6. The lowest BCUT2D eigenvalue weighted by Crippen LogP contribution is -2.49. The number of hydrogen-bond donors (Lipinski definition) is 1. The average molecular weight is 440 g/mol. The molecule has 3 aliphatic carbocycles. The summed E-state index contributed by atoms with van der Waals surface area (Å²) in [5.74, 6) is -1.57. The Balaban J connectivity index is 2.04. The Hall–Kier alpha value is 1.98. The SMILES string of the molecule is OC1C2C(C3(Cl)OC13Cl)C1(Cl)C(Cl)=C(Cl)C2(Cl)C1(Cl)Cl. The minimum absolute atomic E-state index is 0.00275. The van der Waals surface area contributed by atoms with Crippen molar-refractivity contribution in [3.05, 3.63) is 10.1 Å². The van der Waals surface area contributed by atoms with Crippen LogP contribution in [0.1, 0.15) is 0 Å². The molecule has 7 unspecified atom stereocenters. The molecule has 4 rings (SSSR count). The number of hydrogen-bond acceptors (Lipinski definition) is 2. The summed E-state index contributed by atoms with van der Waals surface area (Å²) in [5.41, 5.74) is 0. The average Bonchev–Trinajstić information content (AvgIpc) is 2.79. The van der Waals surface area contributed by atoms with Gasteiger partial charge in [0.2, 0.25) is 5.06 Å². The van der Waals surface area contributed by atoms with Crippen LogP contribution >= 0.6 is 92.8 Å². The first-order valence-corrected chi connectivity index (χ1v) is 8.52. The van der Waals surface area contributed by atoms with Gasteiger partial charge in [0.25, 0.3) is 0 Å². The molecule has 2 nitrogen and oxygen atoms in total. The highest BCUT2D eigenvalue weighted by Gasteiger charge is 2.98. The molecule has 0 radical (unpaired) electrons. The van der Waals surface area contributed by atoms with Crippen molar-refractivity contribution < 1.29 is 9.84 Å². The van der Waals surface area contributed by atoms with Crippen molar-refractivity contribution in [2.75, 3.05) is 0 Å². The highest BCUT2D eigenvalue weighted by atomic mass is 35.5. The highest BCUT2D eigenvalue weighted by molar-refractivity contribution is 6.66. The molecule has 3 fully saturated rings. The lowest BCUT2D eigenvalue weighted by molar-refractivity contribution is 0.0261. The van der Waals surface area contributed by atoms with Crippen molar-refractivity contribution in [1.29, 1.82) is 0 Å². The topological polar surface area (TPSA) is 32.8 Å². The molecule has 1 heterocycles. The van der Waals surface area contributed by atoms with Crippen LogP contribution in [0.2, 0.25) is 0 Å². The number of fused-ring (bicyclic) bond motifs is 7. The van der Waals surface area contributed by atoms with E-state index in [9.17, 15) is 5.11 Å². The molecule has 0 amide bonds. The second kappa shape index (κ2) is 3.64. The fourth-order valence-electron chi connectivity index (χ4n) is 3.87. The van der Waals surface area contributed by atoms with Gasteiger partial charge in [-0.1, -0.05) is 69.6 Å². The van der Waals surface area contributed by atoms with E-state index in [1.54, 1.807) is 0 Å². The molecule has 1 aliphatic heterocycles. The van der Waals surface area contributed by atoms with Crippen LogP contribution in [0.3, 0.4) is 0 Å². The Morgan fingerprint density at radius 3 is 1.90 bits per heavy atom. The Morgan fingerprint density at radius 1 is 0.850 bits per heavy atom. The van der Waals surface area contributed by atoms with Crippen LogP contribution in [0.25, 0.3) is 0 Å². The van der Waals surface area contributed by atoms with Crippen LogP contribution in [-0.4, -0.2) is 35.4 Å². The standard InChI is InChI=1S/C10H4Cl8O2/c11-3-4(12)7(14)2-1(6(3,13)10(7,17)18)5(19)9(16)8(2,15)20-9/h1-2,5,19H. The predicted octanol–water partition coefficient (Wildman–Crippen LogP) is 4.34. The van der Waals surface area contributed by atoms with Crippen LogP contribution in [0, 0.1) is 11.8 Å². The van der Waals surface area contributed by atoms with Crippen LogP contribution in [0.5, 0.6) is 0 Å². The molecule has 0 spiro atoms. The number of aliphatic hydroxyl groups is 1. The van der Waals surface area contributed by atoms with Gasteiger partial charge in [-0.2, -0.15) is 0 Å². The smallest absolute Gasteiger partial charge is 0.213 e. The summed E-state index contributed by atoms with van der Waals surface area (Å²) in [7, 11) is 0. The molecule has 2 saturated carbocycles. The molecule has 1 saturated heterocycles. The lowest BCUT2D eigenvalue weighted by Gasteiger charge is -2.36. The van der Waals surface area contributed by atoms with Gasteiger partial charge in [-0.25, -0.2) is 0 Å². The fourth-order valence-corrected chi connectivity index (χ4v) is 7.92. The molecule has 4 aliphatic rings. The van der Waals surface area contributed by atoms with E-state index in [4.69, 9.17) is 97.5 Å². The van der Waals surface area contributed by atoms with Gasteiger partial charge in [0.1, 0.15) is 15.9 Å². The van der Waals surface area contributed by atoms with E-state index in [1.165, 1.54) is 0 Å². The molecular weight excluding hydrogens is 436 g/mol. The number of epoxide rings is 1. The first kappa shape index (κ1) is 15.5. The molecule has 20 heavy (non-hydrogen) atoms. The zero-order chi connectivity index (χ0) is 15.1. The molecule has 0 aromatic rings. The monoisotopic (exact) mass is 436 g/mol. The maximum absolute atomic E-state index is 10.4. The molecule has 10 heteroatoms. The van der Waals surface area contributed by atoms with Crippen LogP contribution < -0.4 is 0 Å². The van der Waals surface area contributed by atoms with Gasteiger partial charge in [-0.05, 0) is 0 Å². The third kappa shape index (κ3) is 1.10. The summed E-state index contributed by atoms with van der Waals surface area (Å²) >= 11 is 50.9.